The number of ether oxygens (including phenoxy) is 2. The Labute approximate surface area is 463 Å². The highest BCUT2D eigenvalue weighted by Crippen LogP contribution is 2.64. The second-order valence-electron chi connectivity index (χ2n) is 20.5. The first-order chi connectivity index (χ1) is 37.5. The summed E-state index contributed by atoms with van der Waals surface area (Å²) < 4.78 is 135. The standard InChI is InChI=1S/C62H74F6O8S2/c1-7-13-19-25-35-59(36-26-20-14-8-2)51-41-45(73-77-76-75-61(63,64)65)31-33-47(51)55-53(59)43-49-50(57(55)71-39-29-23-17-11-5)44-54-56(58(49)72-40-30-24-18-12-6)48-34-32-46(74-78(69,70)62(66,67)68)42-52(48)60(54,37-27-21-15-9-3)38-28-22-16-10-4/h5,31-34,41-44H,7-10,12-16,18-22,24-28,30,35-38,40H2,1-4,6H3. The summed E-state index contributed by atoms with van der Waals surface area (Å²) in [5.74, 6) is 11.1. The Bertz CT molecular complexity index is 2910. The summed E-state index contributed by atoms with van der Waals surface area (Å²) in [4.78, 5) is 3.54. The molecule has 0 aliphatic heterocycles. The summed E-state index contributed by atoms with van der Waals surface area (Å²) in [7, 11) is -6.01. The molecule has 0 N–H and O–H groups in total. The van der Waals surface area contributed by atoms with Gasteiger partial charge in [0.25, 0.3) is 12.3 Å². The van der Waals surface area contributed by atoms with Gasteiger partial charge in [0.15, 0.2) is 5.75 Å². The van der Waals surface area contributed by atoms with Crippen LogP contribution in [0.2, 0.25) is 0 Å². The van der Waals surface area contributed by atoms with Crippen molar-refractivity contribution < 1.29 is 61.8 Å². The molecular weight excluding hydrogens is 1050 g/mol. The van der Waals surface area contributed by atoms with Gasteiger partial charge in [0, 0.05) is 44.6 Å². The Hall–Kier alpha value is -5.18. The molecule has 4 aromatic rings. The molecule has 8 nitrogen and oxygen atoms in total. The van der Waals surface area contributed by atoms with E-state index in [2.05, 4.69) is 85.8 Å². The summed E-state index contributed by atoms with van der Waals surface area (Å²) in [5.41, 5.74) is -0.680. The van der Waals surface area contributed by atoms with Gasteiger partial charge in [-0.05, 0) is 114 Å². The van der Waals surface area contributed by atoms with Crippen molar-refractivity contribution in [3.63, 3.8) is 0 Å². The molecule has 2 aliphatic carbocycles. The molecule has 424 valence electrons. The fourth-order valence-electron chi connectivity index (χ4n) is 11.6. The molecule has 0 saturated heterocycles. The predicted octanol–water partition coefficient (Wildman–Crippen LogP) is 18.8. The number of alkyl halides is 6. The van der Waals surface area contributed by atoms with Crippen molar-refractivity contribution in [3.8, 4) is 81.5 Å². The Morgan fingerprint density at radius 3 is 1.49 bits per heavy atom. The van der Waals surface area contributed by atoms with Crippen LogP contribution in [0.5, 0.6) is 23.0 Å². The molecule has 16 heteroatoms. The zero-order chi connectivity index (χ0) is 56.4. The van der Waals surface area contributed by atoms with Crippen molar-refractivity contribution in [2.45, 2.75) is 211 Å². The van der Waals surface area contributed by atoms with Crippen LogP contribution < -0.4 is 17.8 Å². The molecule has 4 aromatic carbocycles. The third-order valence-corrected chi connectivity index (χ3v) is 16.5. The average molecular weight is 1130 g/mol. The second-order valence-corrected chi connectivity index (χ2v) is 22.5. The molecule has 0 saturated carbocycles. The topological polar surface area (TPSA) is 89.5 Å². The van der Waals surface area contributed by atoms with E-state index in [1.807, 2.05) is 12.1 Å². The third kappa shape index (κ3) is 14.8. The van der Waals surface area contributed by atoms with Crippen molar-refractivity contribution in [1.29, 1.82) is 0 Å². The molecule has 0 fully saturated rings. The number of unbranched alkanes of at least 4 members (excludes halogenated alkanes) is 15. The van der Waals surface area contributed by atoms with Crippen LogP contribution in [-0.4, -0.2) is 26.9 Å². The number of halogens is 6. The predicted molar refractivity (Wildman–Crippen MR) is 298 cm³/mol. The van der Waals surface area contributed by atoms with Crippen molar-refractivity contribution in [1.82, 2.24) is 0 Å². The van der Waals surface area contributed by atoms with E-state index in [-0.39, 0.29) is 18.1 Å². The van der Waals surface area contributed by atoms with E-state index in [9.17, 15) is 34.8 Å². The Morgan fingerprint density at radius 1 is 0.551 bits per heavy atom. The number of hydrogen-bond acceptors (Lipinski definition) is 9. The first-order valence-electron chi connectivity index (χ1n) is 28.0. The minimum atomic E-state index is -6.01. The minimum Gasteiger partial charge on any atom is -0.492 e. The summed E-state index contributed by atoms with van der Waals surface area (Å²) >= 11 is 0.0594. The molecule has 0 spiro atoms. The van der Waals surface area contributed by atoms with Crippen molar-refractivity contribution in [2.75, 3.05) is 6.61 Å². The van der Waals surface area contributed by atoms with Crippen molar-refractivity contribution in [2.24, 2.45) is 0 Å². The molecule has 0 unspecified atom stereocenters. The summed E-state index contributed by atoms with van der Waals surface area (Å²) in [6.45, 7) is 11.0. The Balaban J connectivity index is 1.77. The highest BCUT2D eigenvalue weighted by atomic mass is 32.2. The Morgan fingerprint density at radius 2 is 1.01 bits per heavy atom. The van der Waals surface area contributed by atoms with Crippen LogP contribution in [0.15, 0.2) is 48.5 Å². The first-order valence-corrected chi connectivity index (χ1v) is 30.0. The van der Waals surface area contributed by atoms with Crippen LogP contribution in [0.25, 0.3) is 33.0 Å². The Kier molecular flexibility index (Phi) is 22.9. The fourth-order valence-corrected chi connectivity index (χ4v) is 12.4. The third-order valence-electron chi connectivity index (χ3n) is 15.2. The van der Waals surface area contributed by atoms with E-state index in [0.29, 0.717) is 54.7 Å². The maximum absolute atomic E-state index is 14.0. The molecule has 2 aliphatic rings. The number of terminal acetylenes is 1. The van der Waals surface area contributed by atoms with Gasteiger partial charge in [0.05, 0.1) is 6.61 Å². The van der Waals surface area contributed by atoms with Crippen LogP contribution in [0, 0.1) is 36.2 Å². The van der Waals surface area contributed by atoms with E-state index in [0.717, 1.165) is 173 Å². The lowest BCUT2D eigenvalue weighted by molar-refractivity contribution is -0.441. The number of fused-ring (bicyclic) bond motifs is 7. The van der Waals surface area contributed by atoms with Crippen LogP contribution in [0.3, 0.4) is 0 Å². The molecule has 0 amide bonds. The fraction of sp³-hybridized carbons (Fsp3) is 0.548. The molecule has 0 radical (unpaired) electrons. The normalized spacial score (nSPS) is 13.8. The molecule has 0 bridgehead atoms. The van der Waals surface area contributed by atoms with Gasteiger partial charge in [-0.15, -0.1) is 28.8 Å². The van der Waals surface area contributed by atoms with Gasteiger partial charge in [-0.25, -0.2) is 0 Å². The maximum Gasteiger partial charge on any atom is 0.550 e. The first kappa shape index (κ1) is 62.0. The lowest BCUT2D eigenvalue weighted by atomic mass is 9.69. The van der Waals surface area contributed by atoms with Crippen LogP contribution in [-0.2, 0) is 30.2 Å². The number of benzene rings is 4. The highest BCUT2D eigenvalue weighted by Gasteiger charge is 2.51. The summed E-state index contributed by atoms with van der Waals surface area (Å²) in [6, 6.07) is 14.2. The quantitative estimate of drug-likeness (QED) is 0.00676. The summed E-state index contributed by atoms with van der Waals surface area (Å²) in [6.07, 6.45) is 24.4. The van der Waals surface area contributed by atoms with Gasteiger partial charge in [-0.1, -0.05) is 169 Å². The van der Waals surface area contributed by atoms with E-state index >= 15 is 0 Å². The molecule has 0 atom stereocenters. The molecule has 78 heavy (non-hydrogen) atoms. The van der Waals surface area contributed by atoms with E-state index in [4.69, 9.17) is 24.3 Å². The smallest absolute Gasteiger partial charge is 0.492 e. The lowest BCUT2D eigenvalue weighted by Crippen LogP contribution is -2.28. The molecule has 0 aromatic heterocycles. The largest absolute Gasteiger partial charge is 0.550 e. The second kappa shape index (κ2) is 28.8. The zero-order valence-corrected chi connectivity index (χ0v) is 47.4. The molecular formula is C62H74F6O8S2. The number of hydrogen-bond donors (Lipinski definition) is 0. The van der Waals surface area contributed by atoms with Crippen LogP contribution >= 0.6 is 12.3 Å². The molecule has 6 rings (SSSR count). The molecule has 0 heterocycles. The lowest BCUT2D eigenvalue weighted by Gasteiger charge is -2.34. The van der Waals surface area contributed by atoms with E-state index in [1.165, 1.54) is 12.1 Å². The van der Waals surface area contributed by atoms with E-state index in [1.54, 1.807) is 12.1 Å². The average Bonchev–Trinajstić information content (AvgIpc) is 4.04. The zero-order valence-electron chi connectivity index (χ0n) is 45.7. The summed E-state index contributed by atoms with van der Waals surface area (Å²) in [5, 5.41) is 1.38. The van der Waals surface area contributed by atoms with Gasteiger partial charge in [-0.2, -0.15) is 21.6 Å². The monoisotopic (exact) mass is 1120 g/mol. The van der Waals surface area contributed by atoms with E-state index < -0.39 is 38.6 Å². The van der Waals surface area contributed by atoms with Crippen LogP contribution in [0.1, 0.15) is 211 Å². The van der Waals surface area contributed by atoms with Crippen molar-refractivity contribution >= 4 is 33.2 Å². The van der Waals surface area contributed by atoms with Gasteiger partial charge in [0.2, 0.25) is 0 Å². The van der Waals surface area contributed by atoms with Gasteiger partial charge in [0.1, 0.15) is 23.4 Å². The number of rotatable bonds is 33. The maximum atomic E-state index is 14.0. The highest BCUT2D eigenvalue weighted by molar-refractivity contribution is 7.90. The van der Waals surface area contributed by atoms with Gasteiger partial charge in [-0.3, -0.25) is 0 Å². The van der Waals surface area contributed by atoms with Gasteiger partial charge < -0.3 is 17.8 Å². The van der Waals surface area contributed by atoms with Gasteiger partial charge >= 0.3 is 22.0 Å². The van der Waals surface area contributed by atoms with Crippen molar-refractivity contribution in [3.05, 3.63) is 70.8 Å². The SMILES string of the molecule is C#CC#CC#COc1c2c(cc3c(OCCCCCC)c4c(cc13)C(CCCCCC)(CCCCCC)c1cc(OS(=O)(=O)C(F)(F)F)ccc1-4)C(CCCCCC)(CCCCCC)c1cc(OSOOC(F)(F)F)ccc1-2. The minimum absolute atomic E-state index is 0.0594. The van der Waals surface area contributed by atoms with Crippen LogP contribution in [0.4, 0.5) is 26.3 Å².